The van der Waals surface area contributed by atoms with E-state index >= 15 is 0 Å². The minimum Gasteiger partial charge on any atom is -0.341 e. The van der Waals surface area contributed by atoms with Crippen molar-refractivity contribution in [3.63, 3.8) is 0 Å². The molecule has 2 aromatic heterocycles. The van der Waals surface area contributed by atoms with Gasteiger partial charge in [0.15, 0.2) is 5.65 Å². The van der Waals surface area contributed by atoms with Crippen molar-refractivity contribution in [2.75, 3.05) is 5.75 Å². The van der Waals surface area contributed by atoms with E-state index in [1.807, 2.05) is 0 Å². The summed E-state index contributed by atoms with van der Waals surface area (Å²) in [5.74, 6) is 0.950. The van der Waals surface area contributed by atoms with Gasteiger partial charge in [0.25, 0.3) is 0 Å². The lowest BCUT2D eigenvalue weighted by Gasteiger charge is -2.09. The third-order valence-electron chi connectivity index (χ3n) is 3.11. The lowest BCUT2D eigenvalue weighted by atomic mass is 10.1. The summed E-state index contributed by atoms with van der Waals surface area (Å²) in [5, 5.41) is 9.70. The van der Waals surface area contributed by atoms with Crippen LogP contribution in [0.4, 0.5) is 0 Å². The standard InChI is InChI=1S/C11H11N5S/c12-4-3-11(1-2-11)5-17-10-8-9(14-6-13-8)15-7-16-10/h6-7H,1-3,5H2,(H,13,14,15,16). The highest BCUT2D eigenvalue weighted by Crippen LogP contribution is 2.51. The van der Waals surface area contributed by atoms with E-state index in [2.05, 4.69) is 26.0 Å². The summed E-state index contributed by atoms with van der Waals surface area (Å²) >= 11 is 1.69. The first kappa shape index (κ1) is 10.5. The van der Waals surface area contributed by atoms with Crippen LogP contribution in [0.5, 0.6) is 0 Å². The van der Waals surface area contributed by atoms with Crippen molar-refractivity contribution in [1.29, 1.82) is 5.26 Å². The Kier molecular flexibility index (Phi) is 2.48. The van der Waals surface area contributed by atoms with Crippen LogP contribution in [0.2, 0.25) is 0 Å². The van der Waals surface area contributed by atoms with Crippen LogP contribution in [0, 0.1) is 16.7 Å². The average molecular weight is 245 g/mol. The smallest absolute Gasteiger partial charge is 0.181 e. The first-order valence-corrected chi connectivity index (χ1v) is 6.45. The molecule has 0 aromatic carbocycles. The van der Waals surface area contributed by atoms with Gasteiger partial charge in [0.05, 0.1) is 12.4 Å². The molecule has 6 heteroatoms. The minimum absolute atomic E-state index is 0.233. The summed E-state index contributed by atoms with van der Waals surface area (Å²) < 4.78 is 0. The highest BCUT2D eigenvalue weighted by Gasteiger charge is 2.42. The third kappa shape index (κ3) is 1.98. The van der Waals surface area contributed by atoms with Crippen LogP contribution < -0.4 is 0 Å². The number of H-pyrrole nitrogens is 1. The van der Waals surface area contributed by atoms with Crippen LogP contribution in [-0.2, 0) is 0 Å². The molecule has 1 N–H and O–H groups in total. The summed E-state index contributed by atoms with van der Waals surface area (Å²) in [5.41, 5.74) is 1.83. The van der Waals surface area contributed by atoms with Crippen molar-refractivity contribution in [3.05, 3.63) is 12.7 Å². The molecule has 0 saturated heterocycles. The van der Waals surface area contributed by atoms with Crippen molar-refractivity contribution in [2.45, 2.75) is 24.3 Å². The van der Waals surface area contributed by atoms with Gasteiger partial charge in [-0.15, -0.1) is 11.8 Å². The van der Waals surface area contributed by atoms with E-state index in [4.69, 9.17) is 5.26 Å². The molecule has 2 aromatic rings. The number of thioether (sulfide) groups is 1. The van der Waals surface area contributed by atoms with E-state index in [0.717, 1.165) is 29.1 Å². The van der Waals surface area contributed by atoms with E-state index in [1.165, 1.54) is 6.33 Å². The monoisotopic (exact) mass is 245 g/mol. The Balaban J connectivity index is 1.77. The predicted octanol–water partition coefficient (Wildman–Crippen LogP) is 2.14. The van der Waals surface area contributed by atoms with Crippen molar-refractivity contribution < 1.29 is 0 Å². The number of nitriles is 1. The molecule has 1 saturated carbocycles. The maximum absolute atomic E-state index is 8.78. The fourth-order valence-corrected chi connectivity index (χ4v) is 3.04. The molecular formula is C11H11N5S. The Morgan fingerprint density at radius 2 is 2.29 bits per heavy atom. The zero-order valence-electron chi connectivity index (χ0n) is 9.18. The number of imidazole rings is 1. The Labute approximate surface area is 103 Å². The summed E-state index contributed by atoms with van der Waals surface area (Å²) in [7, 11) is 0. The fourth-order valence-electron chi connectivity index (χ4n) is 1.79. The van der Waals surface area contributed by atoms with Gasteiger partial charge < -0.3 is 4.98 Å². The first-order valence-electron chi connectivity index (χ1n) is 5.47. The molecule has 1 fully saturated rings. The molecule has 0 amide bonds. The number of hydrogen-bond acceptors (Lipinski definition) is 5. The lowest BCUT2D eigenvalue weighted by Crippen LogP contribution is -2.03. The summed E-state index contributed by atoms with van der Waals surface area (Å²) in [6.45, 7) is 0. The highest BCUT2D eigenvalue weighted by atomic mass is 32.2. The molecule has 0 radical (unpaired) electrons. The molecule has 0 atom stereocenters. The second-order valence-electron chi connectivity index (χ2n) is 4.40. The molecule has 0 aliphatic heterocycles. The van der Waals surface area contributed by atoms with E-state index < -0.39 is 0 Å². The third-order valence-corrected chi connectivity index (χ3v) is 4.45. The molecule has 0 unspecified atom stereocenters. The molecule has 3 rings (SSSR count). The first-order chi connectivity index (χ1) is 8.33. The van der Waals surface area contributed by atoms with Gasteiger partial charge in [-0.25, -0.2) is 15.0 Å². The van der Waals surface area contributed by atoms with Gasteiger partial charge in [-0.3, -0.25) is 0 Å². The molecule has 2 heterocycles. The minimum atomic E-state index is 0.233. The van der Waals surface area contributed by atoms with E-state index in [9.17, 15) is 0 Å². The van der Waals surface area contributed by atoms with Crippen LogP contribution in [0.25, 0.3) is 11.2 Å². The van der Waals surface area contributed by atoms with Gasteiger partial charge in [0, 0.05) is 12.2 Å². The number of nitrogens with one attached hydrogen (secondary N) is 1. The molecule has 0 bridgehead atoms. The largest absolute Gasteiger partial charge is 0.341 e. The van der Waals surface area contributed by atoms with E-state index in [-0.39, 0.29) is 5.41 Å². The second-order valence-corrected chi connectivity index (χ2v) is 5.37. The molecule has 17 heavy (non-hydrogen) atoms. The van der Waals surface area contributed by atoms with Crippen molar-refractivity contribution in [3.8, 4) is 6.07 Å². The van der Waals surface area contributed by atoms with Crippen molar-refractivity contribution in [1.82, 2.24) is 19.9 Å². The quantitative estimate of drug-likeness (QED) is 0.659. The van der Waals surface area contributed by atoms with Gasteiger partial charge in [-0.2, -0.15) is 5.26 Å². The average Bonchev–Trinajstić information content (AvgIpc) is 2.92. The second kappa shape index (κ2) is 4.00. The van der Waals surface area contributed by atoms with Crippen molar-refractivity contribution in [2.24, 2.45) is 5.41 Å². The summed E-state index contributed by atoms with van der Waals surface area (Å²) in [4.78, 5) is 15.5. The van der Waals surface area contributed by atoms with Crippen molar-refractivity contribution >= 4 is 22.9 Å². The lowest BCUT2D eigenvalue weighted by molar-refractivity contribution is 0.604. The predicted molar refractivity (Wildman–Crippen MR) is 64.3 cm³/mol. The van der Waals surface area contributed by atoms with Crippen LogP contribution >= 0.6 is 11.8 Å². The van der Waals surface area contributed by atoms with E-state index in [0.29, 0.717) is 12.1 Å². The van der Waals surface area contributed by atoms with Gasteiger partial charge >= 0.3 is 0 Å². The molecule has 1 aliphatic carbocycles. The molecule has 86 valence electrons. The van der Waals surface area contributed by atoms with Crippen LogP contribution in [0.1, 0.15) is 19.3 Å². The van der Waals surface area contributed by atoms with Gasteiger partial charge in [-0.05, 0) is 18.3 Å². The number of rotatable bonds is 4. The molecular weight excluding hydrogens is 234 g/mol. The summed E-state index contributed by atoms with van der Waals surface area (Å²) in [6.07, 6.45) is 6.13. The maximum atomic E-state index is 8.78. The maximum Gasteiger partial charge on any atom is 0.181 e. The number of fused-ring (bicyclic) bond motifs is 1. The van der Waals surface area contributed by atoms with Gasteiger partial charge in [0.2, 0.25) is 0 Å². The molecule has 0 spiro atoms. The zero-order valence-corrected chi connectivity index (χ0v) is 10.00. The van der Waals surface area contributed by atoms with E-state index in [1.54, 1.807) is 18.1 Å². The topological polar surface area (TPSA) is 78.2 Å². The Morgan fingerprint density at radius 3 is 3.06 bits per heavy atom. The number of nitrogens with zero attached hydrogens (tertiary/aromatic N) is 4. The number of aromatic nitrogens is 4. The normalized spacial score (nSPS) is 16.9. The molecule has 1 aliphatic rings. The van der Waals surface area contributed by atoms with Gasteiger partial charge in [0.1, 0.15) is 16.9 Å². The Morgan fingerprint density at radius 1 is 1.41 bits per heavy atom. The Hall–Kier alpha value is -1.61. The summed E-state index contributed by atoms with van der Waals surface area (Å²) in [6, 6.07) is 2.27. The van der Waals surface area contributed by atoms with Crippen LogP contribution in [0.15, 0.2) is 17.7 Å². The van der Waals surface area contributed by atoms with Gasteiger partial charge in [-0.1, -0.05) is 0 Å². The SMILES string of the molecule is N#CCC1(CSc2ncnc3nc[nH]c23)CC1. The van der Waals surface area contributed by atoms with Crippen LogP contribution in [0.3, 0.4) is 0 Å². The Bertz CT molecular complexity index is 581. The van der Waals surface area contributed by atoms with Crippen LogP contribution in [-0.4, -0.2) is 25.7 Å². The highest BCUT2D eigenvalue weighted by molar-refractivity contribution is 7.99. The number of aromatic amines is 1. The number of hydrogen-bond donors (Lipinski definition) is 1. The fraction of sp³-hybridized carbons (Fsp3) is 0.455. The zero-order chi connectivity index (χ0) is 11.7. The molecule has 5 nitrogen and oxygen atoms in total.